The normalized spacial score (nSPS) is 11.3. The fraction of sp³-hybridized carbons (Fsp3) is 0.0833. The molecule has 0 atom stereocenters. The van der Waals surface area contributed by atoms with Crippen molar-refractivity contribution in [1.82, 2.24) is 4.98 Å². The standard InChI is InChI=1S/C12H10ClFN2O2S/c1-16(11-5-3-2-4-10(11)14)19(17,18)12-8-15-7-6-9(12)13/h2-8H,1H3. The molecule has 0 fully saturated rings. The van der Waals surface area contributed by atoms with Gasteiger partial charge in [-0.2, -0.15) is 0 Å². The molecule has 0 aliphatic carbocycles. The molecule has 0 N–H and O–H groups in total. The van der Waals surface area contributed by atoms with Crippen molar-refractivity contribution in [3.8, 4) is 0 Å². The number of hydrogen-bond donors (Lipinski definition) is 0. The average Bonchev–Trinajstić information content (AvgIpc) is 2.39. The predicted octanol–water partition coefficient (Wildman–Crippen LogP) is 2.70. The number of nitrogens with zero attached hydrogens (tertiary/aromatic N) is 2. The molecule has 2 aromatic rings. The molecule has 19 heavy (non-hydrogen) atoms. The van der Waals surface area contributed by atoms with E-state index in [0.29, 0.717) is 0 Å². The largest absolute Gasteiger partial charge is 0.267 e. The third-order valence-corrected chi connectivity index (χ3v) is 4.80. The Morgan fingerprint density at radius 3 is 2.58 bits per heavy atom. The maximum Gasteiger partial charge on any atom is 0.267 e. The summed E-state index contributed by atoms with van der Waals surface area (Å²) in [4.78, 5) is 3.56. The summed E-state index contributed by atoms with van der Waals surface area (Å²) in [5, 5.41) is 0.0400. The predicted molar refractivity (Wildman–Crippen MR) is 71.2 cm³/mol. The quantitative estimate of drug-likeness (QED) is 0.875. The molecule has 100 valence electrons. The maximum absolute atomic E-state index is 13.6. The van der Waals surface area contributed by atoms with E-state index in [1.54, 1.807) is 6.07 Å². The van der Waals surface area contributed by atoms with Crippen molar-refractivity contribution in [2.45, 2.75) is 4.90 Å². The Bertz CT molecular complexity index is 706. The van der Waals surface area contributed by atoms with Gasteiger partial charge in [-0.25, -0.2) is 12.8 Å². The average molecular weight is 301 g/mol. The number of anilines is 1. The lowest BCUT2D eigenvalue weighted by Gasteiger charge is -2.20. The first-order valence-corrected chi connectivity index (χ1v) is 7.09. The zero-order chi connectivity index (χ0) is 14.0. The van der Waals surface area contributed by atoms with Crippen LogP contribution in [0.5, 0.6) is 0 Å². The van der Waals surface area contributed by atoms with Crippen molar-refractivity contribution in [3.05, 3.63) is 53.6 Å². The molecule has 0 aliphatic rings. The topological polar surface area (TPSA) is 50.3 Å². The summed E-state index contributed by atoms with van der Waals surface area (Å²) >= 11 is 5.84. The van der Waals surface area contributed by atoms with Gasteiger partial charge in [0.05, 0.1) is 10.7 Å². The first-order chi connectivity index (χ1) is 8.94. The number of para-hydroxylation sites is 1. The highest BCUT2D eigenvalue weighted by Crippen LogP contribution is 2.27. The summed E-state index contributed by atoms with van der Waals surface area (Å²) in [6.45, 7) is 0. The van der Waals surface area contributed by atoms with E-state index in [1.165, 1.54) is 37.5 Å². The van der Waals surface area contributed by atoms with Crippen LogP contribution in [-0.2, 0) is 10.0 Å². The fourth-order valence-electron chi connectivity index (χ4n) is 1.54. The van der Waals surface area contributed by atoms with Gasteiger partial charge in [-0.05, 0) is 18.2 Å². The third kappa shape index (κ3) is 2.54. The smallest absolute Gasteiger partial charge is 0.266 e. The Balaban J connectivity index is 2.52. The van der Waals surface area contributed by atoms with Crippen LogP contribution < -0.4 is 4.31 Å². The Hall–Kier alpha value is -1.66. The number of hydrogen-bond acceptors (Lipinski definition) is 3. The number of benzene rings is 1. The van der Waals surface area contributed by atoms with Crippen LogP contribution in [0.3, 0.4) is 0 Å². The monoisotopic (exact) mass is 300 g/mol. The van der Waals surface area contributed by atoms with Crippen molar-refractivity contribution in [3.63, 3.8) is 0 Å². The molecule has 2 rings (SSSR count). The Morgan fingerprint density at radius 1 is 1.26 bits per heavy atom. The van der Waals surface area contributed by atoms with Crippen LogP contribution in [0.2, 0.25) is 5.02 Å². The molecule has 0 saturated heterocycles. The zero-order valence-corrected chi connectivity index (χ0v) is 11.5. The van der Waals surface area contributed by atoms with Crippen molar-refractivity contribution < 1.29 is 12.8 Å². The summed E-state index contributed by atoms with van der Waals surface area (Å²) in [6.07, 6.45) is 2.51. The lowest BCUT2D eigenvalue weighted by molar-refractivity contribution is 0.589. The molecule has 1 aromatic carbocycles. The van der Waals surface area contributed by atoms with Crippen molar-refractivity contribution in [2.24, 2.45) is 0 Å². The highest BCUT2D eigenvalue weighted by Gasteiger charge is 2.25. The van der Waals surface area contributed by atoms with Crippen LogP contribution in [0.4, 0.5) is 10.1 Å². The number of halogens is 2. The molecule has 0 aliphatic heterocycles. The van der Waals surface area contributed by atoms with Crippen LogP contribution in [0.25, 0.3) is 0 Å². The summed E-state index contributed by atoms with van der Waals surface area (Å²) in [7, 11) is -2.69. The van der Waals surface area contributed by atoms with Gasteiger partial charge in [0.1, 0.15) is 10.7 Å². The Kier molecular flexibility index (Phi) is 3.73. The zero-order valence-electron chi connectivity index (χ0n) is 9.92. The van der Waals surface area contributed by atoms with Crippen molar-refractivity contribution in [1.29, 1.82) is 0 Å². The fourth-order valence-corrected chi connectivity index (χ4v) is 3.15. The molecule has 7 heteroatoms. The van der Waals surface area contributed by atoms with E-state index in [4.69, 9.17) is 11.6 Å². The van der Waals surface area contributed by atoms with Gasteiger partial charge in [-0.3, -0.25) is 9.29 Å². The first-order valence-electron chi connectivity index (χ1n) is 5.27. The molecule has 1 aromatic heterocycles. The van der Waals surface area contributed by atoms with E-state index in [1.807, 2.05) is 0 Å². The van der Waals surface area contributed by atoms with Crippen molar-refractivity contribution >= 4 is 27.3 Å². The molecular formula is C12H10ClFN2O2S. The van der Waals surface area contributed by atoms with E-state index < -0.39 is 15.8 Å². The van der Waals surface area contributed by atoms with E-state index in [9.17, 15) is 12.8 Å². The number of rotatable bonds is 3. The summed E-state index contributed by atoms with van der Waals surface area (Å²) in [6, 6.07) is 6.96. The van der Waals surface area contributed by atoms with Gasteiger partial charge in [-0.1, -0.05) is 23.7 Å². The second-order valence-corrected chi connectivity index (χ2v) is 6.07. The van der Waals surface area contributed by atoms with E-state index in [2.05, 4.69) is 4.98 Å². The highest BCUT2D eigenvalue weighted by atomic mass is 35.5. The number of sulfonamides is 1. The first kappa shape index (κ1) is 13.8. The lowest BCUT2D eigenvalue weighted by Crippen LogP contribution is -2.27. The molecule has 0 unspecified atom stereocenters. The second kappa shape index (κ2) is 5.14. The van der Waals surface area contributed by atoms with Gasteiger partial charge >= 0.3 is 0 Å². The van der Waals surface area contributed by atoms with Crippen LogP contribution in [0, 0.1) is 5.82 Å². The lowest BCUT2D eigenvalue weighted by atomic mass is 10.3. The van der Waals surface area contributed by atoms with Gasteiger partial charge in [0.25, 0.3) is 10.0 Å². The maximum atomic E-state index is 13.6. The Morgan fingerprint density at radius 2 is 1.95 bits per heavy atom. The molecule has 0 spiro atoms. The van der Waals surface area contributed by atoms with Crippen molar-refractivity contribution in [2.75, 3.05) is 11.4 Å². The minimum atomic E-state index is -3.95. The van der Waals surface area contributed by atoms with Gasteiger partial charge in [0.2, 0.25) is 0 Å². The number of pyridine rings is 1. The summed E-state index contributed by atoms with van der Waals surface area (Å²) < 4.78 is 39.2. The molecule has 0 bridgehead atoms. The summed E-state index contributed by atoms with van der Waals surface area (Å²) in [5.74, 6) is -0.631. The van der Waals surface area contributed by atoms with Crippen LogP contribution in [-0.4, -0.2) is 20.4 Å². The molecule has 0 saturated carbocycles. The molecule has 1 heterocycles. The van der Waals surface area contributed by atoms with Crippen LogP contribution in [0.15, 0.2) is 47.6 Å². The third-order valence-electron chi connectivity index (χ3n) is 2.56. The second-order valence-electron chi connectivity index (χ2n) is 3.73. The molecule has 0 amide bonds. The SMILES string of the molecule is CN(c1ccccc1F)S(=O)(=O)c1cnccc1Cl. The van der Waals surface area contributed by atoms with Gasteiger partial charge in [0.15, 0.2) is 0 Å². The van der Waals surface area contributed by atoms with E-state index >= 15 is 0 Å². The molecule has 4 nitrogen and oxygen atoms in total. The van der Waals surface area contributed by atoms with Crippen LogP contribution in [0.1, 0.15) is 0 Å². The van der Waals surface area contributed by atoms with Gasteiger partial charge in [0, 0.05) is 19.4 Å². The van der Waals surface area contributed by atoms with Gasteiger partial charge < -0.3 is 0 Å². The summed E-state index contributed by atoms with van der Waals surface area (Å²) in [5.41, 5.74) is -0.0533. The van der Waals surface area contributed by atoms with Gasteiger partial charge in [-0.15, -0.1) is 0 Å². The minimum absolute atomic E-state index is 0.0400. The minimum Gasteiger partial charge on any atom is -0.266 e. The molecule has 0 radical (unpaired) electrons. The van der Waals surface area contributed by atoms with Crippen LogP contribution >= 0.6 is 11.6 Å². The van der Waals surface area contributed by atoms with E-state index in [0.717, 1.165) is 10.5 Å². The Labute approximate surface area is 115 Å². The molecular weight excluding hydrogens is 291 g/mol. The highest BCUT2D eigenvalue weighted by molar-refractivity contribution is 7.93. The number of aromatic nitrogens is 1. The van der Waals surface area contributed by atoms with E-state index in [-0.39, 0.29) is 15.6 Å².